The summed E-state index contributed by atoms with van der Waals surface area (Å²) in [5, 5.41) is 3.89. The van der Waals surface area contributed by atoms with Crippen molar-refractivity contribution in [1.82, 2.24) is 4.90 Å². The third kappa shape index (κ3) is 2.33. The van der Waals surface area contributed by atoms with Crippen LogP contribution in [0, 0.1) is 0 Å². The van der Waals surface area contributed by atoms with Crippen molar-refractivity contribution in [3.63, 3.8) is 0 Å². The van der Waals surface area contributed by atoms with Crippen LogP contribution in [0.5, 0.6) is 5.75 Å². The first-order chi connectivity index (χ1) is 10.3. The molecule has 1 saturated heterocycles. The maximum absolute atomic E-state index is 12.4. The number of nitrogens with zero attached hydrogens (tertiary/aromatic N) is 1. The molecule has 4 rings (SSSR count). The first-order valence-corrected chi connectivity index (χ1v) is 8.32. The van der Waals surface area contributed by atoms with E-state index in [1.807, 2.05) is 21.7 Å². The highest BCUT2D eigenvalue weighted by molar-refractivity contribution is 7.08. The van der Waals surface area contributed by atoms with E-state index >= 15 is 0 Å². The fraction of sp³-hybridized carbons (Fsp3) is 0.353. The van der Waals surface area contributed by atoms with Crippen molar-refractivity contribution in [2.75, 3.05) is 19.7 Å². The number of hydrogen-bond acceptors (Lipinski definition) is 3. The Kier molecular flexibility index (Phi) is 3.19. The maximum atomic E-state index is 12.4. The molecule has 0 radical (unpaired) electrons. The molecule has 2 aliphatic heterocycles. The molecule has 3 nitrogen and oxygen atoms in total. The van der Waals surface area contributed by atoms with E-state index in [0.29, 0.717) is 5.92 Å². The second-order valence-corrected chi connectivity index (χ2v) is 6.49. The van der Waals surface area contributed by atoms with Gasteiger partial charge in [-0.1, -0.05) is 12.1 Å². The molecule has 108 valence electrons. The highest BCUT2D eigenvalue weighted by Crippen LogP contribution is 2.33. The smallest absolute Gasteiger partial charge is 0.254 e. The Labute approximate surface area is 128 Å². The number of amides is 1. The van der Waals surface area contributed by atoms with Crippen LogP contribution in [-0.2, 0) is 6.42 Å². The fourth-order valence-electron chi connectivity index (χ4n) is 3.25. The minimum atomic E-state index is 0.170. The molecule has 0 saturated carbocycles. The zero-order valence-electron chi connectivity index (χ0n) is 11.7. The van der Waals surface area contributed by atoms with Gasteiger partial charge in [-0.2, -0.15) is 11.3 Å². The van der Waals surface area contributed by atoms with Crippen LogP contribution in [0.2, 0.25) is 0 Å². The molecule has 0 bridgehead atoms. The largest absolute Gasteiger partial charge is 0.493 e. The van der Waals surface area contributed by atoms with Crippen molar-refractivity contribution >= 4 is 17.2 Å². The summed E-state index contributed by atoms with van der Waals surface area (Å²) in [6, 6.07) is 8.42. The zero-order valence-corrected chi connectivity index (χ0v) is 12.6. The second kappa shape index (κ2) is 5.19. The van der Waals surface area contributed by atoms with Crippen molar-refractivity contribution in [3.05, 3.63) is 51.7 Å². The van der Waals surface area contributed by atoms with Crippen molar-refractivity contribution in [1.29, 1.82) is 0 Å². The van der Waals surface area contributed by atoms with E-state index in [2.05, 4.69) is 18.2 Å². The molecule has 4 heteroatoms. The van der Waals surface area contributed by atoms with E-state index in [1.165, 1.54) is 11.1 Å². The van der Waals surface area contributed by atoms with Crippen LogP contribution >= 0.6 is 11.3 Å². The normalized spacial score (nSPS) is 20.4. The number of carbonyl (C=O) groups excluding carboxylic acids is 1. The van der Waals surface area contributed by atoms with Crippen LogP contribution < -0.4 is 4.74 Å². The summed E-state index contributed by atoms with van der Waals surface area (Å²) >= 11 is 1.58. The second-order valence-electron chi connectivity index (χ2n) is 5.71. The SMILES string of the molecule is O=C(c1ccsc1)N1CC[C@H](c2ccc3c(c2)CCO3)C1. The zero-order chi connectivity index (χ0) is 14.2. The third-order valence-electron chi connectivity index (χ3n) is 4.43. The van der Waals surface area contributed by atoms with Crippen molar-refractivity contribution in [3.8, 4) is 5.75 Å². The van der Waals surface area contributed by atoms with Gasteiger partial charge >= 0.3 is 0 Å². The number of thiophene rings is 1. The number of ether oxygens (including phenoxy) is 1. The molecule has 0 spiro atoms. The molecule has 0 unspecified atom stereocenters. The van der Waals surface area contributed by atoms with Crippen LogP contribution in [-0.4, -0.2) is 30.5 Å². The summed E-state index contributed by atoms with van der Waals surface area (Å²) in [7, 11) is 0. The van der Waals surface area contributed by atoms with Gasteiger partial charge in [0.05, 0.1) is 12.2 Å². The van der Waals surface area contributed by atoms with Crippen LogP contribution in [0.1, 0.15) is 33.8 Å². The minimum Gasteiger partial charge on any atom is -0.493 e. The van der Waals surface area contributed by atoms with Crippen LogP contribution in [0.4, 0.5) is 0 Å². The van der Waals surface area contributed by atoms with Gasteiger partial charge in [-0.15, -0.1) is 0 Å². The molecule has 1 atom stereocenters. The van der Waals surface area contributed by atoms with Gasteiger partial charge in [0.15, 0.2) is 0 Å². The molecule has 1 aromatic heterocycles. The molecular weight excluding hydrogens is 282 g/mol. The maximum Gasteiger partial charge on any atom is 0.254 e. The van der Waals surface area contributed by atoms with Gasteiger partial charge in [-0.05, 0) is 35.1 Å². The molecule has 3 heterocycles. The van der Waals surface area contributed by atoms with Crippen LogP contribution in [0.3, 0.4) is 0 Å². The van der Waals surface area contributed by atoms with Gasteiger partial charge in [0.25, 0.3) is 5.91 Å². The lowest BCUT2D eigenvalue weighted by Gasteiger charge is -2.16. The Hall–Kier alpha value is -1.81. The summed E-state index contributed by atoms with van der Waals surface area (Å²) in [5.41, 5.74) is 3.48. The van der Waals surface area contributed by atoms with E-state index in [1.54, 1.807) is 11.3 Å². The summed E-state index contributed by atoms with van der Waals surface area (Å²) in [6.07, 6.45) is 2.06. The molecule has 1 aromatic carbocycles. The predicted octanol–water partition coefficient (Wildman–Crippen LogP) is 3.31. The van der Waals surface area contributed by atoms with E-state index < -0.39 is 0 Å². The molecule has 0 aliphatic carbocycles. The third-order valence-corrected chi connectivity index (χ3v) is 5.11. The summed E-state index contributed by atoms with van der Waals surface area (Å²) in [5.74, 6) is 1.66. The Morgan fingerprint density at radius 3 is 3.14 bits per heavy atom. The summed E-state index contributed by atoms with van der Waals surface area (Å²) in [6.45, 7) is 2.48. The lowest BCUT2D eigenvalue weighted by molar-refractivity contribution is 0.0791. The quantitative estimate of drug-likeness (QED) is 0.851. The van der Waals surface area contributed by atoms with E-state index in [0.717, 1.165) is 43.9 Å². The molecule has 2 aliphatic rings. The lowest BCUT2D eigenvalue weighted by Crippen LogP contribution is -2.28. The van der Waals surface area contributed by atoms with Gasteiger partial charge in [-0.3, -0.25) is 4.79 Å². The van der Waals surface area contributed by atoms with Gasteiger partial charge in [0.2, 0.25) is 0 Å². The number of rotatable bonds is 2. The van der Waals surface area contributed by atoms with Gasteiger partial charge in [0.1, 0.15) is 5.75 Å². The Morgan fingerprint density at radius 1 is 1.33 bits per heavy atom. The van der Waals surface area contributed by atoms with Crippen molar-refractivity contribution in [2.24, 2.45) is 0 Å². The molecular formula is C17H17NO2S. The van der Waals surface area contributed by atoms with Crippen LogP contribution in [0.25, 0.3) is 0 Å². The van der Waals surface area contributed by atoms with Crippen molar-refractivity contribution in [2.45, 2.75) is 18.8 Å². The first kappa shape index (κ1) is 12.9. The lowest BCUT2D eigenvalue weighted by atomic mass is 9.96. The average molecular weight is 299 g/mol. The van der Waals surface area contributed by atoms with Gasteiger partial charge in [-0.25, -0.2) is 0 Å². The highest BCUT2D eigenvalue weighted by atomic mass is 32.1. The number of hydrogen-bond donors (Lipinski definition) is 0. The van der Waals surface area contributed by atoms with E-state index in [9.17, 15) is 4.79 Å². The predicted molar refractivity (Wildman–Crippen MR) is 83.2 cm³/mol. The molecule has 0 N–H and O–H groups in total. The fourth-order valence-corrected chi connectivity index (χ4v) is 3.88. The van der Waals surface area contributed by atoms with Gasteiger partial charge < -0.3 is 9.64 Å². The first-order valence-electron chi connectivity index (χ1n) is 7.38. The van der Waals surface area contributed by atoms with E-state index in [-0.39, 0.29) is 5.91 Å². The van der Waals surface area contributed by atoms with E-state index in [4.69, 9.17) is 4.74 Å². The molecule has 1 fully saturated rings. The Morgan fingerprint density at radius 2 is 2.29 bits per heavy atom. The van der Waals surface area contributed by atoms with Gasteiger partial charge in [0, 0.05) is 30.8 Å². The summed E-state index contributed by atoms with van der Waals surface area (Å²) < 4.78 is 5.56. The minimum absolute atomic E-state index is 0.170. The topological polar surface area (TPSA) is 29.5 Å². The van der Waals surface area contributed by atoms with Crippen molar-refractivity contribution < 1.29 is 9.53 Å². The molecule has 1 amide bonds. The Bertz CT molecular complexity index is 665. The number of carbonyl (C=O) groups is 1. The monoisotopic (exact) mass is 299 g/mol. The number of likely N-dealkylation sites (tertiary alicyclic amines) is 1. The standard InChI is InChI=1S/C17H17NO2S/c19-17(15-5-8-21-11-15)18-6-3-14(10-18)12-1-2-16-13(9-12)4-7-20-16/h1-2,5,8-9,11,14H,3-4,6-7,10H2/t14-/m0/s1. The number of benzene rings is 1. The Balaban J connectivity index is 1.50. The average Bonchev–Trinajstić information content (AvgIpc) is 3.25. The summed E-state index contributed by atoms with van der Waals surface area (Å²) in [4.78, 5) is 14.4. The van der Waals surface area contributed by atoms with Crippen LogP contribution in [0.15, 0.2) is 35.0 Å². The number of fused-ring (bicyclic) bond motifs is 1. The molecule has 21 heavy (non-hydrogen) atoms. The molecule has 2 aromatic rings. The highest BCUT2D eigenvalue weighted by Gasteiger charge is 2.28.